The van der Waals surface area contributed by atoms with E-state index < -0.39 is 5.97 Å². The second kappa shape index (κ2) is 4.28. The van der Waals surface area contributed by atoms with E-state index in [4.69, 9.17) is 0 Å². The third-order valence-corrected chi connectivity index (χ3v) is 2.04. The predicted molar refractivity (Wildman–Crippen MR) is 57.8 cm³/mol. The van der Waals surface area contributed by atoms with Crippen molar-refractivity contribution in [2.45, 2.75) is 13.8 Å². The Hall–Kier alpha value is -2.31. The molecule has 0 spiro atoms. The summed E-state index contributed by atoms with van der Waals surface area (Å²) in [4.78, 5) is 23.4. The number of aryl methyl sites for hydroxylation is 2. The zero-order valence-electron chi connectivity index (χ0n) is 9.71. The van der Waals surface area contributed by atoms with E-state index in [1.165, 1.54) is 18.1 Å². The normalized spacial score (nSPS) is 10.3. The summed E-state index contributed by atoms with van der Waals surface area (Å²) < 4.78 is 5.85. The lowest BCUT2D eigenvalue weighted by atomic mass is 10.4. The summed E-state index contributed by atoms with van der Waals surface area (Å²) in [5.74, 6) is -0.228. The quantitative estimate of drug-likeness (QED) is 0.701. The maximum atomic E-state index is 11.2. The van der Waals surface area contributed by atoms with Crippen LogP contribution in [0.4, 0.5) is 0 Å². The lowest BCUT2D eigenvalue weighted by Crippen LogP contribution is -2.07. The highest BCUT2D eigenvalue weighted by Gasteiger charge is 2.13. The van der Waals surface area contributed by atoms with Crippen LogP contribution < -0.4 is 0 Å². The van der Waals surface area contributed by atoms with Crippen molar-refractivity contribution in [2.75, 3.05) is 7.11 Å². The number of carbonyl (C=O) groups excluding carboxylic acids is 1. The Morgan fingerprint density at radius 2 is 1.94 bits per heavy atom. The number of methoxy groups -OCH3 is 1. The van der Waals surface area contributed by atoms with Gasteiger partial charge in [0.15, 0.2) is 0 Å². The molecule has 2 aromatic heterocycles. The van der Waals surface area contributed by atoms with Crippen molar-refractivity contribution in [2.24, 2.45) is 0 Å². The van der Waals surface area contributed by atoms with Crippen LogP contribution in [0.2, 0.25) is 0 Å². The van der Waals surface area contributed by atoms with Crippen LogP contribution in [0.15, 0.2) is 12.4 Å². The Morgan fingerprint density at radius 1 is 1.29 bits per heavy atom. The van der Waals surface area contributed by atoms with E-state index in [-0.39, 0.29) is 5.82 Å². The first-order valence-electron chi connectivity index (χ1n) is 4.93. The molecule has 0 saturated carbocycles. The molecule has 0 bridgehead atoms. The van der Waals surface area contributed by atoms with Gasteiger partial charge in [-0.1, -0.05) is 0 Å². The molecule has 0 aliphatic heterocycles. The number of nitrogens with zero attached hydrogens (tertiary/aromatic N) is 5. The van der Waals surface area contributed by atoms with Gasteiger partial charge in [0.2, 0.25) is 0 Å². The van der Waals surface area contributed by atoms with Gasteiger partial charge in [-0.05, 0) is 19.9 Å². The molecule has 17 heavy (non-hydrogen) atoms. The molecule has 7 heteroatoms. The maximum absolute atomic E-state index is 11.2. The number of ether oxygens (including phenoxy) is 1. The molecule has 0 amide bonds. The van der Waals surface area contributed by atoms with E-state index in [0.717, 1.165) is 11.4 Å². The Kier molecular flexibility index (Phi) is 2.82. The van der Waals surface area contributed by atoms with Crippen LogP contribution in [0.25, 0.3) is 5.95 Å². The molecule has 0 radical (unpaired) electrons. The van der Waals surface area contributed by atoms with E-state index in [1.54, 1.807) is 0 Å². The van der Waals surface area contributed by atoms with Crippen LogP contribution in [0.1, 0.15) is 22.0 Å². The Balaban J connectivity index is 2.40. The molecule has 2 aromatic rings. The van der Waals surface area contributed by atoms with Gasteiger partial charge in [0.25, 0.3) is 11.8 Å². The van der Waals surface area contributed by atoms with Crippen LogP contribution in [0.5, 0.6) is 0 Å². The van der Waals surface area contributed by atoms with Crippen molar-refractivity contribution in [3.8, 4) is 5.95 Å². The van der Waals surface area contributed by atoms with Gasteiger partial charge < -0.3 is 4.74 Å². The molecule has 0 saturated heterocycles. The van der Waals surface area contributed by atoms with Crippen LogP contribution in [0.3, 0.4) is 0 Å². The molecule has 0 aliphatic carbocycles. The van der Waals surface area contributed by atoms with Crippen molar-refractivity contribution >= 4 is 5.97 Å². The van der Waals surface area contributed by atoms with Crippen LogP contribution >= 0.6 is 0 Å². The monoisotopic (exact) mass is 233 g/mol. The minimum Gasteiger partial charge on any atom is -0.463 e. The third kappa shape index (κ3) is 2.27. The summed E-state index contributed by atoms with van der Waals surface area (Å²) in [5.41, 5.74) is 1.64. The average Bonchev–Trinajstić information content (AvgIpc) is 2.76. The first kappa shape index (κ1) is 11.2. The number of hydrogen-bond donors (Lipinski definition) is 0. The van der Waals surface area contributed by atoms with Gasteiger partial charge >= 0.3 is 5.97 Å². The highest BCUT2D eigenvalue weighted by Crippen LogP contribution is 2.04. The fourth-order valence-electron chi connectivity index (χ4n) is 1.35. The van der Waals surface area contributed by atoms with Gasteiger partial charge in [-0.3, -0.25) is 0 Å². The molecule has 0 aliphatic rings. The van der Waals surface area contributed by atoms with Gasteiger partial charge in [0, 0.05) is 11.4 Å². The molecule has 7 nitrogen and oxygen atoms in total. The predicted octanol–water partition coefficient (Wildman–Crippen LogP) is 0.461. The van der Waals surface area contributed by atoms with Gasteiger partial charge in [-0.15, -0.1) is 5.10 Å². The molecule has 0 aromatic carbocycles. The minimum atomic E-state index is -0.590. The standard InChI is InChI=1S/C10H11N5O2/c1-6-4-7(2)13-10(12-6)15-5-11-8(14-15)9(16)17-3/h4-5H,1-3H3. The van der Waals surface area contributed by atoms with Crippen molar-refractivity contribution < 1.29 is 9.53 Å². The molecule has 0 fully saturated rings. The van der Waals surface area contributed by atoms with Gasteiger partial charge in [-0.2, -0.15) is 4.68 Å². The second-order valence-corrected chi connectivity index (χ2v) is 3.46. The number of carbonyl (C=O) groups is 1. The average molecular weight is 233 g/mol. The van der Waals surface area contributed by atoms with E-state index in [2.05, 4.69) is 24.8 Å². The molecule has 88 valence electrons. The number of rotatable bonds is 2. The van der Waals surface area contributed by atoms with Crippen molar-refractivity contribution in [1.29, 1.82) is 0 Å². The van der Waals surface area contributed by atoms with Crippen LogP contribution in [0, 0.1) is 13.8 Å². The van der Waals surface area contributed by atoms with Crippen molar-refractivity contribution in [1.82, 2.24) is 24.7 Å². The van der Waals surface area contributed by atoms with Crippen LogP contribution in [-0.2, 0) is 4.74 Å². The summed E-state index contributed by atoms with van der Waals surface area (Å²) >= 11 is 0. The van der Waals surface area contributed by atoms with Gasteiger partial charge in [0.1, 0.15) is 6.33 Å². The lowest BCUT2D eigenvalue weighted by Gasteiger charge is -2.01. The van der Waals surface area contributed by atoms with E-state index in [1.807, 2.05) is 19.9 Å². The molecule has 0 atom stereocenters. The summed E-state index contributed by atoms with van der Waals surface area (Å²) in [6.45, 7) is 3.71. The summed E-state index contributed by atoms with van der Waals surface area (Å²) in [7, 11) is 1.27. The molecule has 0 N–H and O–H groups in total. The summed E-state index contributed by atoms with van der Waals surface area (Å²) in [6.07, 6.45) is 1.38. The largest absolute Gasteiger partial charge is 0.463 e. The van der Waals surface area contributed by atoms with Crippen molar-refractivity contribution in [3.05, 3.63) is 29.6 Å². The zero-order chi connectivity index (χ0) is 12.4. The highest BCUT2D eigenvalue weighted by atomic mass is 16.5. The van der Waals surface area contributed by atoms with Gasteiger partial charge in [0.05, 0.1) is 7.11 Å². The first-order valence-corrected chi connectivity index (χ1v) is 4.93. The molecular weight excluding hydrogens is 222 g/mol. The number of esters is 1. The minimum absolute atomic E-state index is 0.0183. The smallest absolute Gasteiger partial charge is 0.377 e. The summed E-state index contributed by atoms with van der Waals surface area (Å²) in [6, 6.07) is 1.85. The topological polar surface area (TPSA) is 82.8 Å². The number of aromatic nitrogens is 5. The van der Waals surface area contributed by atoms with Gasteiger partial charge in [-0.25, -0.2) is 19.7 Å². The Labute approximate surface area is 97.5 Å². The Bertz CT molecular complexity index is 543. The zero-order valence-corrected chi connectivity index (χ0v) is 9.71. The second-order valence-electron chi connectivity index (χ2n) is 3.46. The first-order chi connectivity index (χ1) is 8.10. The fourth-order valence-corrected chi connectivity index (χ4v) is 1.35. The Morgan fingerprint density at radius 3 is 2.53 bits per heavy atom. The van der Waals surface area contributed by atoms with E-state index in [0.29, 0.717) is 5.95 Å². The highest BCUT2D eigenvalue weighted by molar-refractivity contribution is 5.84. The molecular formula is C10H11N5O2. The maximum Gasteiger partial charge on any atom is 0.377 e. The molecule has 2 heterocycles. The third-order valence-electron chi connectivity index (χ3n) is 2.04. The van der Waals surface area contributed by atoms with Crippen molar-refractivity contribution in [3.63, 3.8) is 0 Å². The SMILES string of the molecule is COC(=O)c1ncn(-c2nc(C)cc(C)n2)n1. The molecule has 0 unspecified atom stereocenters. The summed E-state index contributed by atoms with van der Waals surface area (Å²) in [5, 5.41) is 3.94. The van der Waals surface area contributed by atoms with E-state index >= 15 is 0 Å². The lowest BCUT2D eigenvalue weighted by molar-refractivity contribution is 0.0587. The number of hydrogen-bond acceptors (Lipinski definition) is 6. The van der Waals surface area contributed by atoms with E-state index in [9.17, 15) is 4.79 Å². The fraction of sp³-hybridized carbons (Fsp3) is 0.300. The van der Waals surface area contributed by atoms with Crippen LogP contribution in [-0.4, -0.2) is 37.8 Å². The molecule has 2 rings (SSSR count).